The molecule has 2 nitrogen and oxygen atoms in total. The first-order valence-corrected chi connectivity index (χ1v) is 5.61. The Labute approximate surface area is 88.9 Å². The number of fused-ring (bicyclic) bond motifs is 2. The van der Waals surface area contributed by atoms with Crippen LogP contribution >= 0.6 is 0 Å². The first-order valence-electron chi connectivity index (χ1n) is 5.61. The SMILES string of the molecule is CC1=NO[C@]23Cc4ccccc4CC2C13. The van der Waals surface area contributed by atoms with Crippen molar-refractivity contribution in [3.8, 4) is 0 Å². The third-order valence-electron chi connectivity index (χ3n) is 4.28. The lowest BCUT2D eigenvalue weighted by atomic mass is 9.90. The molecule has 1 aliphatic heterocycles. The van der Waals surface area contributed by atoms with E-state index in [1.54, 1.807) is 0 Å². The number of benzene rings is 1. The molecule has 2 unspecified atom stereocenters. The van der Waals surface area contributed by atoms with Crippen molar-refractivity contribution in [3.63, 3.8) is 0 Å². The quantitative estimate of drug-likeness (QED) is 0.627. The van der Waals surface area contributed by atoms with E-state index in [1.165, 1.54) is 23.3 Å². The van der Waals surface area contributed by atoms with Gasteiger partial charge >= 0.3 is 0 Å². The van der Waals surface area contributed by atoms with Crippen molar-refractivity contribution in [2.24, 2.45) is 17.0 Å². The van der Waals surface area contributed by atoms with Crippen LogP contribution in [0.25, 0.3) is 0 Å². The van der Waals surface area contributed by atoms with Crippen LogP contribution in [0.2, 0.25) is 0 Å². The number of nitrogens with zero attached hydrogens (tertiary/aromatic N) is 1. The van der Waals surface area contributed by atoms with Crippen molar-refractivity contribution in [2.45, 2.75) is 25.4 Å². The Hall–Kier alpha value is -1.31. The highest BCUT2D eigenvalue weighted by molar-refractivity contribution is 5.90. The van der Waals surface area contributed by atoms with E-state index in [9.17, 15) is 0 Å². The van der Waals surface area contributed by atoms with Gasteiger partial charge in [-0.3, -0.25) is 0 Å². The maximum absolute atomic E-state index is 5.68. The van der Waals surface area contributed by atoms with Crippen LogP contribution in [0.15, 0.2) is 29.4 Å². The van der Waals surface area contributed by atoms with E-state index < -0.39 is 0 Å². The van der Waals surface area contributed by atoms with E-state index in [0.29, 0.717) is 11.8 Å². The Morgan fingerprint density at radius 1 is 1.33 bits per heavy atom. The van der Waals surface area contributed by atoms with Gasteiger partial charge in [0.05, 0.1) is 11.6 Å². The van der Waals surface area contributed by atoms with Gasteiger partial charge in [0, 0.05) is 12.3 Å². The largest absolute Gasteiger partial charge is 0.388 e. The molecule has 1 heterocycles. The summed E-state index contributed by atoms with van der Waals surface area (Å²) in [5, 5.41) is 4.13. The smallest absolute Gasteiger partial charge is 0.154 e. The van der Waals surface area contributed by atoms with E-state index in [4.69, 9.17) is 4.84 Å². The van der Waals surface area contributed by atoms with Crippen LogP contribution in [0.5, 0.6) is 0 Å². The minimum atomic E-state index is 0.0679. The molecule has 0 amide bonds. The first kappa shape index (κ1) is 7.91. The van der Waals surface area contributed by atoms with Crippen LogP contribution in [0, 0.1) is 11.8 Å². The van der Waals surface area contributed by atoms with Crippen LogP contribution in [-0.4, -0.2) is 11.3 Å². The lowest BCUT2D eigenvalue weighted by Crippen LogP contribution is -2.23. The monoisotopic (exact) mass is 199 g/mol. The van der Waals surface area contributed by atoms with Gasteiger partial charge in [0.1, 0.15) is 0 Å². The number of hydrogen-bond acceptors (Lipinski definition) is 2. The van der Waals surface area contributed by atoms with Gasteiger partial charge in [-0.25, -0.2) is 0 Å². The van der Waals surface area contributed by atoms with Crippen molar-refractivity contribution < 1.29 is 4.84 Å². The van der Waals surface area contributed by atoms with Gasteiger partial charge in [0.2, 0.25) is 0 Å². The Morgan fingerprint density at radius 2 is 2.13 bits per heavy atom. The molecular weight excluding hydrogens is 186 g/mol. The molecule has 1 saturated carbocycles. The number of oxime groups is 1. The Bertz CT molecular complexity index is 479. The lowest BCUT2D eigenvalue weighted by Gasteiger charge is -2.21. The fourth-order valence-corrected chi connectivity index (χ4v) is 3.50. The minimum absolute atomic E-state index is 0.0679. The first-order chi connectivity index (χ1) is 7.31. The van der Waals surface area contributed by atoms with Crippen molar-refractivity contribution in [1.29, 1.82) is 0 Å². The van der Waals surface area contributed by atoms with E-state index in [0.717, 1.165) is 6.42 Å². The maximum atomic E-state index is 5.68. The summed E-state index contributed by atoms with van der Waals surface area (Å²) in [6.45, 7) is 2.10. The third-order valence-corrected chi connectivity index (χ3v) is 4.28. The second-order valence-electron chi connectivity index (χ2n) is 5.01. The summed E-state index contributed by atoms with van der Waals surface area (Å²) in [7, 11) is 0. The Balaban J connectivity index is 1.78. The van der Waals surface area contributed by atoms with Crippen molar-refractivity contribution in [2.75, 3.05) is 0 Å². The van der Waals surface area contributed by atoms with Gasteiger partial charge < -0.3 is 4.84 Å². The molecule has 1 spiro atoms. The average Bonchev–Trinajstić information content (AvgIpc) is 2.79. The van der Waals surface area contributed by atoms with Gasteiger partial charge in [0.25, 0.3) is 0 Å². The number of rotatable bonds is 0. The van der Waals surface area contributed by atoms with Crippen LogP contribution in [0.4, 0.5) is 0 Å². The van der Waals surface area contributed by atoms with E-state index >= 15 is 0 Å². The van der Waals surface area contributed by atoms with Crippen LogP contribution in [-0.2, 0) is 17.7 Å². The fourth-order valence-electron chi connectivity index (χ4n) is 3.50. The molecule has 0 bridgehead atoms. The molecule has 0 radical (unpaired) electrons. The summed E-state index contributed by atoms with van der Waals surface area (Å²) in [4.78, 5) is 5.68. The maximum Gasteiger partial charge on any atom is 0.154 e. The molecule has 1 fully saturated rings. The summed E-state index contributed by atoms with van der Waals surface area (Å²) in [5.74, 6) is 1.30. The molecule has 15 heavy (non-hydrogen) atoms. The summed E-state index contributed by atoms with van der Waals surface area (Å²) in [5.41, 5.74) is 4.24. The van der Waals surface area contributed by atoms with Gasteiger partial charge in [-0.15, -0.1) is 0 Å². The van der Waals surface area contributed by atoms with E-state index in [1.807, 2.05) is 0 Å². The molecule has 1 aromatic rings. The predicted octanol–water partition coefficient (Wildman–Crippen LogP) is 2.18. The Morgan fingerprint density at radius 3 is 3.00 bits per heavy atom. The van der Waals surface area contributed by atoms with E-state index in [-0.39, 0.29) is 5.60 Å². The molecule has 4 rings (SSSR count). The molecule has 3 aliphatic rings. The molecule has 0 saturated heterocycles. The molecule has 0 aromatic heterocycles. The standard InChI is InChI=1S/C13H13NO/c1-8-12-11-6-9-4-2-3-5-10(9)7-13(11,12)15-14-8/h2-5,11-12H,6-7H2,1H3/t11?,12?,13-/m1/s1. The minimum Gasteiger partial charge on any atom is -0.388 e. The highest BCUT2D eigenvalue weighted by atomic mass is 16.7. The summed E-state index contributed by atoms with van der Waals surface area (Å²) in [6.07, 6.45) is 2.23. The molecular formula is C13H13NO. The molecule has 0 N–H and O–H groups in total. The third kappa shape index (κ3) is 0.796. The second-order valence-corrected chi connectivity index (χ2v) is 5.01. The second kappa shape index (κ2) is 2.26. The average molecular weight is 199 g/mol. The normalized spacial score (nSPS) is 39.7. The summed E-state index contributed by atoms with van der Waals surface area (Å²) in [6, 6.07) is 8.74. The number of hydrogen-bond donors (Lipinski definition) is 0. The van der Waals surface area contributed by atoms with Gasteiger partial charge in [-0.1, -0.05) is 29.4 Å². The van der Waals surface area contributed by atoms with Crippen molar-refractivity contribution >= 4 is 5.71 Å². The zero-order valence-corrected chi connectivity index (χ0v) is 8.73. The van der Waals surface area contributed by atoms with Gasteiger partial charge in [0.15, 0.2) is 5.60 Å². The van der Waals surface area contributed by atoms with Crippen LogP contribution in [0.3, 0.4) is 0 Å². The molecule has 3 atom stereocenters. The molecule has 1 aromatic carbocycles. The zero-order chi connectivity index (χ0) is 10.0. The lowest BCUT2D eigenvalue weighted by molar-refractivity contribution is 0.0301. The molecule has 2 heteroatoms. The fraction of sp³-hybridized carbons (Fsp3) is 0.462. The van der Waals surface area contributed by atoms with Gasteiger partial charge in [-0.05, 0) is 24.5 Å². The van der Waals surface area contributed by atoms with Crippen molar-refractivity contribution in [3.05, 3.63) is 35.4 Å². The van der Waals surface area contributed by atoms with Crippen molar-refractivity contribution in [1.82, 2.24) is 0 Å². The topological polar surface area (TPSA) is 21.6 Å². The summed E-state index contributed by atoms with van der Waals surface area (Å²) >= 11 is 0. The zero-order valence-electron chi connectivity index (χ0n) is 8.73. The Kier molecular flexibility index (Phi) is 1.19. The van der Waals surface area contributed by atoms with Crippen LogP contribution < -0.4 is 0 Å². The highest BCUT2D eigenvalue weighted by Crippen LogP contribution is 2.63. The predicted molar refractivity (Wildman–Crippen MR) is 57.8 cm³/mol. The summed E-state index contributed by atoms with van der Waals surface area (Å²) < 4.78 is 0. The van der Waals surface area contributed by atoms with Gasteiger partial charge in [-0.2, -0.15) is 0 Å². The van der Waals surface area contributed by atoms with E-state index in [2.05, 4.69) is 36.3 Å². The molecule has 2 aliphatic carbocycles. The molecule has 76 valence electrons. The van der Waals surface area contributed by atoms with Crippen LogP contribution in [0.1, 0.15) is 18.1 Å². The highest BCUT2D eigenvalue weighted by Gasteiger charge is 2.72.